The maximum absolute atomic E-state index is 13.3. The molecule has 0 fully saturated rings. The van der Waals surface area contributed by atoms with Crippen LogP contribution in [0.1, 0.15) is 15.9 Å². The minimum absolute atomic E-state index is 0.210. The molecule has 16 heavy (non-hydrogen) atoms. The maximum atomic E-state index is 13.3. The molecule has 1 aromatic rings. The fourth-order valence-electron chi connectivity index (χ4n) is 1.20. The van der Waals surface area contributed by atoms with E-state index in [0.717, 1.165) is 12.1 Å². The summed E-state index contributed by atoms with van der Waals surface area (Å²) in [6.07, 6.45) is -0.554. The first-order valence-corrected chi connectivity index (χ1v) is 4.09. The zero-order chi connectivity index (χ0) is 12.3. The number of hydrogen-bond acceptors (Lipinski definition) is 4. The Labute approximate surface area is 88.5 Å². The smallest absolute Gasteiger partial charge is 0.308 e. The van der Waals surface area contributed by atoms with Crippen LogP contribution in [-0.4, -0.2) is 22.3 Å². The third kappa shape index (κ3) is 2.38. The van der Waals surface area contributed by atoms with Crippen molar-refractivity contribution in [3.05, 3.63) is 39.2 Å². The van der Waals surface area contributed by atoms with E-state index in [4.69, 9.17) is 5.11 Å². The molecule has 0 amide bonds. The van der Waals surface area contributed by atoms with E-state index in [1.54, 1.807) is 0 Å². The number of aliphatic carboxylic acids is 1. The number of aldehydes is 1. The number of carbonyl (C=O) groups is 2. The van der Waals surface area contributed by atoms with Crippen molar-refractivity contribution in [2.75, 3.05) is 0 Å². The van der Waals surface area contributed by atoms with Crippen molar-refractivity contribution in [2.45, 2.75) is 6.42 Å². The minimum atomic E-state index is -1.39. The summed E-state index contributed by atoms with van der Waals surface area (Å²) >= 11 is 0. The zero-order valence-electron chi connectivity index (χ0n) is 7.84. The van der Waals surface area contributed by atoms with Gasteiger partial charge in [0.05, 0.1) is 16.9 Å². The largest absolute Gasteiger partial charge is 0.481 e. The second-order valence-electron chi connectivity index (χ2n) is 2.95. The van der Waals surface area contributed by atoms with Gasteiger partial charge in [-0.2, -0.15) is 0 Å². The number of benzene rings is 1. The lowest BCUT2D eigenvalue weighted by atomic mass is 10.1. The van der Waals surface area contributed by atoms with Gasteiger partial charge in [-0.3, -0.25) is 19.7 Å². The molecule has 0 atom stereocenters. The van der Waals surface area contributed by atoms with Crippen molar-refractivity contribution >= 4 is 17.9 Å². The highest BCUT2D eigenvalue weighted by Gasteiger charge is 2.21. The Kier molecular flexibility index (Phi) is 3.29. The molecule has 1 aromatic carbocycles. The SMILES string of the molecule is O=Cc1cc(F)c(CC(=O)O)c([N+](=O)[O-])c1. The Balaban J connectivity index is 3.39. The summed E-state index contributed by atoms with van der Waals surface area (Å²) in [5.74, 6) is -2.46. The van der Waals surface area contributed by atoms with Gasteiger partial charge in [0.2, 0.25) is 0 Å². The van der Waals surface area contributed by atoms with Crippen molar-refractivity contribution in [2.24, 2.45) is 0 Å². The van der Waals surface area contributed by atoms with E-state index in [9.17, 15) is 24.1 Å². The van der Waals surface area contributed by atoms with Gasteiger partial charge in [-0.15, -0.1) is 0 Å². The van der Waals surface area contributed by atoms with Crippen LogP contribution in [0.25, 0.3) is 0 Å². The van der Waals surface area contributed by atoms with E-state index in [1.807, 2.05) is 0 Å². The van der Waals surface area contributed by atoms with Crippen molar-refractivity contribution in [3.8, 4) is 0 Å². The van der Waals surface area contributed by atoms with Crippen LogP contribution < -0.4 is 0 Å². The molecule has 1 rings (SSSR count). The molecule has 0 aromatic heterocycles. The summed E-state index contributed by atoms with van der Waals surface area (Å²) in [4.78, 5) is 30.4. The number of nitro groups is 1. The van der Waals surface area contributed by atoms with E-state index >= 15 is 0 Å². The predicted molar refractivity (Wildman–Crippen MR) is 49.8 cm³/mol. The number of nitrogens with zero attached hydrogens (tertiary/aromatic N) is 1. The molecular weight excluding hydrogens is 221 g/mol. The van der Waals surface area contributed by atoms with E-state index in [-0.39, 0.29) is 11.8 Å². The fraction of sp³-hybridized carbons (Fsp3) is 0.111. The molecule has 0 saturated carbocycles. The van der Waals surface area contributed by atoms with Crippen LogP contribution in [0.5, 0.6) is 0 Å². The van der Waals surface area contributed by atoms with Crippen LogP contribution in [0.3, 0.4) is 0 Å². The number of carbonyl (C=O) groups excluding carboxylic acids is 1. The molecule has 6 nitrogen and oxygen atoms in total. The topological polar surface area (TPSA) is 97.5 Å². The second kappa shape index (κ2) is 4.47. The quantitative estimate of drug-likeness (QED) is 0.473. The van der Waals surface area contributed by atoms with Crippen LogP contribution in [0.2, 0.25) is 0 Å². The minimum Gasteiger partial charge on any atom is -0.481 e. The second-order valence-corrected chi connectivity index (χ2v) is 2.95. The van der Waals surface area contributed by atoms with E-state index in [1.165, 1.54) is 0 Å². The van der Waals surface area contributed by atoms with Gasteiger partial charge in [0, 0.05) is 11.6 Å². The molecule has 0 saturated heterocycles. The molecule has 1 N–H and O–H groups in total. The normalized spacial score (nSPS) is 9.81. The van der Waals surface area contributed by atoms with E-state index < -0.39 is 34.4 Å². The monoisotopic (exact) mass is 227 g/mol. The van der Waals surface area contributed by atoms with Gasteiger partial charge in [0.15, 0.2) is 0 Å². The van der Waals surface area contributed by atoms with Crippen LogP contribution in [-0.2, 0) is 11.2 Å². The molecule has 0 spiro atoms. The Morgan fingerprint density at radius 3 is 2.62 bits per heavy atom. The van der Waals surface area contributed by atoms with Crippen molar-refractivity contribution in [1.29, 1.82) is 0 Å². The molecule has 0 aliphatic carbocycles. The van der Waals surface area contributed by atoms with Crippen molar-refractivity contribution in [1.82, 2.24) is 0 Å². The van der Waals surface area contributed by atoms with E-state index in [2.05, 4.69) is 0 Å². The lowest BCUT2D eigenvalue weighted by Gasteiger charge is -2.02. The summed E-state index contributed by atoms with van der Waals surface area (Å²) in [6.45, 7) is 0. The van der Waals surface area contributed by atoms with Gasteiger partial charge in [0.25, 0.3) is 5.69 Å². The summed E-state index contributed by atoms with van der Waals surface area (Å²) in [5, 5.41) is 19.0. The average molecular weight is 227 g/mol. The fourth-order valence-corrected chi connectivity index (χ4v) is 1.20. The Morgan fingerprint density at radius 2 is 2.19 bits per heavy atom. The standard InChI is InChI=1S/C9H6FNO5/c10-7-1-5(4-12)2-8(11(15)16)6(7)3-9(13)14/h1-2,4H,3H2,(H,13,14). The van der Waals surface area contributed by atoms with Gasteiger partial charge in [-0.05, 0) is 6.07 Å². The average Bonchev–Trinajstić information content (AvgIpc) is 2.19. The number of nitro benzene ring substituents is 1. The molecule has 0 radical (unpaired) electrons. The maximum Gasteiger partial charge on any atom is 0.308 e. The summed E-state index contributed by atoms with van der Waals surface area (Å²) < 4.78 is 13.3. The van der Waals surface area contributed by atoms with Crippen LogP contribution in [0, 0.1) is 15.9 Å². The van der Waals surface area contributed by atoms with Crippen molar-refractivity contribution in [3.63, 3.8) is 0 Å². The first-order valence-electron chi connectivity index (χ1n) is 4.09. The highest BCUT2D eigenvalue weighted by molar-refractivity contribution is 5.78. The zero-order valence-corrected chi connectivity index (χ0v) is 7.84. The van der Waals surface area contributed by atoms with Gasteiger partial charge in [0.1, 0.15) is 12.1 Å². The Morgan fingerprint density at radius 1 is 1.56 bits per heavy atom. The molecule has 0 aliphatic rings. The van der Waals surface area contributed by atoms with Crippen LogP contribution in [0.15, 0.2) is 12.1 Å². The summed E-state index contributed by atoms with van der Waals surface area (Å²) in [5.41, 5.74) is -1.45. The number of rotatable bonds is 4. The van der Waals surface area contributed by atoms with E-state index in [0.29, 0.717) is 0 Å². The number of halogens is 1. The van der Waals surface area contributed by atoms with Crippen LogP contribution in [0.4, 0.5) is 10.1 Å². The number of hydrogen-bond donors (Lipinski definition) is 1. The third-order valence-electron chi connectivity index (χ3n) is 1.86. The lowest BCUT2D eigenvalue weighted by molar-refractivity contribution is -0.385. The molecule has 0 unspecified atom stereocenters. The van der Waals surface area contributed by atoms with Gasteiger partial charge in [-0.25, -0.2) is 4.39 Å². The molecular formula is C9H6FNO5. The van der Waals surface area contributed by atoms with Gasteiger partial charge >= 0.3 is 5.97 Å². The van der Waals surface area contributed by atoms with Crippen molar-refractivity contribution < 1.29 is 24.0 Å². The molecule has 7 heteroatoms. The first kappa shape index (κ1) is 11.8. The summed E-state index contributed by atoms with van der Waals surface area (Å²) in [7, 11) is 0. The Hall–Kier alpha value is -2.31. The van der Waals surface area contributed by atoms with Gasteiger partial charge in [-0.1, -0.05) is 0 Å². The lowest BCUT2D eigenvalue weighted by Crippen LogP contribution is -2.07. The van der Waals surface area contributed by atoms with Gasteiger partial charge < -0.3 is 5.11 Å². The first-order chi connectivity index (χ1) is 7.45. The third-order valence-corrected chi connectivity index (χ3v) is 1.86. The highest BCUT2D eigenvalue weighted by atomic mass is 19.1. The number of carboxylic acid groups (broad SMARTS) is 1. The molecule has 0 aliphatic heterocycles. The molecule has 0 heterocycles. The highest BCUT2D eigenvalue weighted by Crippen LogP contribution is 2.23. The predicted octanol–water partition coefficient (Wildman–Crippen LogP) is 1.17. The molecule has 0 bridgehead atoms. The van der Waals surface area contributed by atoms with Crippen LogP contribution >= 0.6 is 0 Å². The number of carboxylic acids is 1. The Bertz CT molecular complexity index is 471. The molecule has 84 valence electrons. The summed E-state index contributed by atoms with van der Waals surface area (Å²) in [6, 6.07) is 1.60.